The molecule has 0 heterocycles. The molecule has 0 amide bonds. The average molecular weight is 371 g/mol. The number of aliphatic hydroxyl groups is 1. The van der Waals surface area contributed by atoms with Crippen molar-refractivity contribution in [3.63, 3.8) is 0 Å². The van der Waals surface area contributed by atoms with Crippen molar-refractivity contribution in [3.05, 3.63) is 119 Å². The van der Waals surface area contributed by atoms with Crippen LogP contribution in [0.2, 0.25) is 0 Å². The second-order valence-electron chi connectivity index (χ2n) is 6.81. The van der Waals surface area contributed by atoms with Gasteiger partial charge in [0.2, 0.25) is 0 Å². The highest BCUT2D eigenvalue weighted by Gasteiger charge is 2.15. The number of ketones is 1. The molecule has 3 heteroatoms. The summed E-state index contributed by atoms with van der Waals surface area (Å²) in [7, 11) is 0. The van der Waals surface area contributed by atoms with Gasteiger partial charge in [-0.2, -0.15) is 0 Å². The highest BCUT2D eigenvalue weighted by Crippen LogP contribution is 2.23. The Hall–Kier alpha value is -3.17. The first-order valence-electron chi connectivity index (χ1n) is 9.48. The SMILES string of the molecule is C[C@@H](N/C(=C\C(=O)c1ccccc1)C[C@H](O)c1ccccc1)c1ccccc1. The third-order valence-electron chi connectivity index (χ3n) is 4.66. The lowest BCUT2D eigenvalue weighted by Gasteiger charge is -2.21. The molecule has 0 fully saturated rings. The van der Waals surface area contributed by atoms with E-state index < -0.39 is 6.10 Å². The molecule has 3 rings (SSSR count). The Kier molecular flexibility index (Phi) is 6.77. The number of hydrogen-bond donors (Lipinski definition) is 2. The van der Waals surface area contributed by atoms with Crippen molar-refractivity contribution in [2.75, 3.05) is 0 Å². The van der Waals surface area contributed by atoms with Crippen molar-refractivity contribution >= 4 is 5.78 Å². The Morgan fingerprint density at radius 2 is 1.36 bits per heavy atom. The Bertz CT molecular complexity index is 856. The lowest BCUT2D eigenvalue weighted by atomic mass is 10.0. The fraction of sp³-hybridized carbons (Fsp3) is 0.160. The molecular weight excluding hydrogens is 346 g/mol. The van der Waals surface area contributed by atoms with Crippen LogP contribution < -0.4 is 5.32 Å². The van der Waals surface area contributed by atoms with Gasteiger partial charge in [-0.1, -0.05) is 91.0 Å². The molecule has 0 aliphatic rings. The summed E-state index contributed by atoms with van der Waals surface area (Å²) in [5.41, 5.74) is 3.29. The van der Waals surface area contributed by atoms with E-state index in [1.54, 1.807) is 18.2 Å². The monoisotopic (exact) mass is 371 g/mol. The van der Waals surface area contributed by atoms with Gasteiger partial charge < -0.3 is 10.4 Å². The van der Waals surface area contributed by atoms with Crippen LogP contribution >= 0.6 is 0 Å². The zero-order valence-corrected chi connectivity index (χ0v) is 16.0. The Balaban J connectivity index is 1.82. The number of rotatable bonds is 8. The predicted molar refractivity (Wildman–Crippen MR) is 113 cm³/mol. The topological polar surface area (TPSA) is 49.3 Å². The average Bonchev–Trinajstić information content (AvgIpc) is 2.75. The molecule has 0 aliphatic heterocycles. The first-order chi connectivity index (χ1) is 13.6. The van der Waals surface area contributed by atoms with Crippen LogP contribution in [0.25, 0.3) is 0 Å². The van der Waals surface area contributed by atoms with Crippen molar-refractivity contribution in [3.8, 4) is 0 Å². The van der Waals surface area contributed by atoms with E-state index in [1.807, 2.05) is 85.8 Å². The summed E-state index contributed by atoms with van der Waals surface area (Å²) >= 11 is 0. The predicted octanol–water partition coefficient (Wildman–Crippen LogP) is 5.23. The fourth-order valence-electron chi connectivity index (χ4n) is 3.11. The number of nitrogens with one attached hydrogen (secondary N) is 1. The van der Waals surface area contributed by atoms with Crippen molar-refractivity contribution < 1.29 is 9.90 Å². The van der Waals surface area contributed by atoms with Gasteiger partial charge in [0.1, 0.15) is 0 Å². The number of hydrogen-bond acceptors (Lipinski definition) is 3. The van der Waals surface area contributed by atoms with Gasteiger partial charge in [0.15, 0.2) is 5.78 Å². The van der Waals surface area contributed by atoms with Crippen LogP contribution in [-0.2, 0) is 0 Å². The van der Waals surface area contributed by atoms with E-state index in [9.17, 15) is 9.90 Å². The lowest BCUT2D eigenvalue weighted by Crippen LogP contribution is -2.21. The van der Waals surface area contributed by atoms with Gasteiger partial charge in [0.25, 0.3) is 0 Å². The molecule has 0 aliphatic carbocycles. The third-order valence-corrected chi connectivity index (χ3v) is 4.66. The van der Waals surface area contributed by atoms with Crippen LogP contribution in [0.4, 0.5) is 0 Å². The quantitative estimate of drug-likeness (QED) is 0.421. The van der Waals surface area contributed by atoms with Gasteiger partial charge in [-0.25, -0.2) is 0 Å². The number of carbonyl (C=O) groups excluding carboxylic acids is 1. The van der Waals surface area contributed by atoms with E-state index in [1.165, 1.54) is 0 Å². The van der Waals surface area contributed by atoms with E-state index in [2.05, 4.69) is 5.32 Å². The van der Waals surface area contributed by atoms with Gasteiger partial charge in [-0.05, 0) is 18.1 Å². The smallest absolute Gasteiger partial charge is 0.187 e. The zero-order chi connectivity index (χ0) is 19.8. The molecule has 3 nitrogen and oxygen atoms in total. The number of carbonyl (C=O) groups is 1. The van der Waals surface area contributed by atoms with E-state index in [-0.39, 0.29) is 11.8 Å². The van der Waals surface area contributed by atoms with Crippen LogP contribution in [0.5, 0.6) is 0 Å². The molecule has 0 saturated heterocycles. The summed E-state index contributed by atoms with van der Waals surface area (Å²) in [6.07, 6.45) is 1.24. The minimum Gasteiger partial charge on any atom is -0.388 e. The Morgan fingerprint density at radius 1 is 0.857 bits per heavy atom. The molecular formula is C25H25NO2. The third kappa shape index (κ3) is 5.41. The fourth-order valence-corrected chi connectivity index (χ4v) is 3.11. The minimum absolute atomic E-state index is 0.0130. The molecule has 2 N–H and O–H groups in total. The van der Waals surface area contributed by atoms with Crippen LogP contribution in [-0.4, -0.2) is 10.9 Å². The molecule has 142 valence electrons. The molecule has 0 aromatic heterocycles. The van der Waals surface area contributed by atoms with Crippen LogP contribution in [0.15, 0.2) is 103 Å². The standard InChI is InChI=1S/C25H25NO2/c1-19(20-11-5-2-6-12-20)26-23(17-24(27)21-13-7-3-8-14-21)18-25(28)22-15-9-4-10-16-22/h2-17,19,25-26,28H,18H2,1H3/b23-17-/t19-,25+/m1/s1. The van der Waals surface area contributed by atoms with Gasteiger partial charge in [-0.15, -0.1) is 0 Å². The maximum Gasteiger partial charge on any atom is 0.187 e. The molecule has 3 aromatic rings. The van der Waals surface area contributed by atoms with E-state index >= 15 is 0 Å². The van der Waals surface area contributed by atoms with Crippen LogP contribution in [0.1, 0.15) is 47.0 Å². The first-order valence-corrected chi connectivity index (χ1v) is 9.48. The highest BCUT2D eigenvalue weighted by molar-refractivity contribution is 6.04. The lowest BCUT2D eigenvalue weighted by molar-refractivity contribution is 0.104. The molecule has 3 aromatic carbocycles. The van der Waals surface area contributed by atoms with Crippen molar-refractivity contribution in [2.24, 2.45) is 0 Å². The van der Waals surface area contributed by atoms with Gasteiger partial charge in [0, 0.05) is 29.8 Å². The first kappa shape index (κ1) is 19.6. The second-order valence-corrected chi connectivity index (χ2v) is 6.81. The second kappa shape index (κ2) is 9.67. The van der Waals surface area contributed by atoms with Crippen LogP contribution in [0, 0.1) is 0 Å². The maximum atomic E-state index is 12.7. The zero-order valence-electron chi connectivity index (χ0n) is 16.0. The molecule has 0 saturated carbocycles. The number of benzene rings is 3. The molecule has 0 unspecified atom stereocenters. The van der Waals surface area contributed by atoms with E-state index in [4.69, 9.17) is 0 Å². The normalized spacial score (nSPS) is 13.6. The molecule has 0 radical (unpaired) electrons. The van der Waals surface area contributed by atoms with E-state index in [0.717, 1.165) is 11.1 Å². The molecule has 2 atom stereocenters. The van der Waals surface area contributed by atoms with Crippen molar-refractivity contribution in [1.29, 1.82) is 0 Å². The van der Waals surface area contributed by atoms with Gasteiger partial charge in [0.05, 0.1) is 6.10 Å². The highest BCUT2D eigenvalue weighted by atomic mass is 16.3. The largest absolute Gasteiger partial charge is 0.388 e. The summed E-state index contributed by atoms with van der Waals surface area (Å²) < 4.78 is 0. The maximum absolute atomic E-state index is 12.7. The van der Waals surface area contributed by atoms with Gasteiger partial charge in [-0.3, -0.25) is 4.79 Å². The Morgan fingerprint density at radius 3 is 1.93 bits per heavy atom. The van der Waals surface area contributed by atoms with Crippen molar-refractivity contribution in [1.82, 2.24) is 5.32 Å². The molecule has 28 heavy (non-hydrogen) atoms. The van der Waals surface area contributed by atoms with Crippen molar-refractivity contribution in [2.45, 2.75) is 25.5 Å². The van der Waals surface area contributed by atoms with Gasteiger partial charge >= 0.3 is 0 Å². The number of aliphatic hydroxyl groups excluding tert-OH is 1. The Labute approximate surface area is 166 Å². The summed E-state index contributed by atoms with van der Waals surface area (Å²) in [4.78, 5) is 12.7. The molecule has 0 bridgehead atoms. The summed E-state index contributed by atoms with van der Waals surface area (Å²) in [5, 5.41) is 14.1. The summed E-state index contributed by atoms with van der Waals surface area (Å²) in [5.74, 6) is -0.0800. The summed E-state index contributed by atoms with van der Waals surface area (Å²) in [6, 6.07) is 28.7. The summed E-state index contributed by atoms with van der Waals surface area (Å²) in [6.45, 7) is 2.05. The van der Waals surface area contributed by atoms with E-state index in [0.29, 0.717) is 17.7 Å². The number of allylic oxidation sites excluding steroid dienone is 1. The minimum atomic E-state index is -0.688. The van der Waals surface area contributed by atoms with Crippen LogP contribution in [0.3, 0.4) is 0 Å². The molecule has 0 spiro atoms.